The molecule has 4 aliphatic rings. The predicted octanol–water partition coefficient (Wildman–Crippen LogP) is 3.42. The summed E-state index contributed by atoms with van der Waals surface area (Å²) in [6, 6.07) is 4.19. The van der Waals surface area contributed by atoms with E-state index >= 15 is 0 Å². The Bertz CT molecular complexity index is 831. The molecule has 2 aliphatic heterocycles. The van der Waals surface area contributed by atoms with Crippen molar-refractivity contribution in [1.82, 2.24) is 14.8 Å². The molecule has 2 saturated heterocycles. The minimum Gasteiger partial charge on any atom is -0.450 e. The lowest BCUT2D eigenvalue weighted by Crippen LogP contribution is -2.58. The number of pyridine rings is 1. The van der Waals surface area contributed by atoms with Crippen LogP contribution in [0.2, 0.25) is 0 Å². The molecule has 176 valence electrons. The molecule has 9 heteroatoms. The second-order valence-electron chi connectivity index (χ2n) is 9.95. The molecule has 3 heterocycles. The van der Waals surface area contributed by atoms with Crippen LogP contribution in [0.3, 0.4) is 0 Å². The zero-order valence-electron chi connectivity index (χ0n) is 18.7. The molecule has 0 aromatic carbocycles. The van der Waals surface area contributed by atoms with E-state index < -0.39 is 5.92 Å². The number of halogens is 2. The van der Waals surface area contributed by atoms with Gasteiger partial charge in [-0.3, -0.25) is 4.90 Å². The Morgan fingerprint density at radius 1 is 1.22 bits per heavy atom. The molecule has 7 nitrogen and oxygen atoms in total. The molecule has 32 heavy (non-hydrogen) atoms. The van der Waals surface area contributed by atoms with Gasteiger partial charge in [-0.25, -0.2) is 18.6 Å². The van der Waals surface area contributed by atoms with E-state index in [1.807, 2.05) is 24.0 Å². The van der Waals surface area contributed by atoms with Gasteiger partial charge in [0.15, 0.2) is 5.82 Å². The fourth-order valence-electron chi connectivity index (χ4n) is 5.93. The third kappa shape index (κ3) is 4.23. The molecule has 1 aromatic heterocycles. The lowest BCUT2D eigenvalue weighted by Gasteiger charge is -2.48. The molecule has 1 aromatic rings. The number of hydrogen-bond acceptors (Lipinski definition) is 6. The summed E-state index contributed by atoms with van der Waals surface area (Å²) in [5, 5.41) is 3.27. The Kier molecular flexibility index (Phi) is 5.63. The molecule has 4 fully saturated rings. The van der Waals surface area contributed by atoms with Crippen molar-refractivity contribution in [1.29, 1.82) is 0 Å². The van der Waals surface area contributed by atoms with Crippen molar-refractivity contribution in [2.75, 3.05) is 56.1 Å². The number of nitrogens with one attached hydrogen (secondary N) is 1. The number of hydrogen-bond donors (Lipinski definition) is 1. The third-order valence-corrected chi connectivity index (χ3v) is 7.62. The molecule has 2 saturated carbocycles. The molecule has 5 rings (SSSR count). The van der Waals surface area contributed by atoms with Crippen LogP contribution >= 0.6 is 0 Å². The summed E-state index contributed by atoms with van der Waals surface area (Å²) < 4.78 is 31.6. The maximum atomic E-state index is 13.2. The minimum atomic E-state index is -2.53. The Hall–Kier alpha value is -2.16. The molecule has 1 atom stereocenters. The highest BCUT2D eigenvalue weighted by molar-refractivity contribution is 5.69. The Morgan fingerprint density at radius 3 is 2.66 bits per heavy atom. The van der Waals surface area contributed by atoms with Gasteiger partial charge >= 0.3 is 6.09 Å². The number of piperazine rings is 1. The first-order chi connectivity index (χ1) is 15.4. The van der Waals surface area contributed by atoms with Crippen LogP contribution < -0.4 is 10.2 Å². The molecule has 1 amide bonds. The zero-order valence-corrected chi connectivity index (χ0v) is 18.7. The van der Waals surface area contributed by atoms with Crippen molar-refractivity contribution in [3.63, 3.8) is 0 Å². The van der Waals surface area contributed by atoms with Crippen molar-refractivity contribution < 1.29 is 18.3 Å². The highest BCUT2D eigenvalue weighted by Gasteiger charge is 2.51. The SMILES string of the molecule is CCOC(=O)N1CC2(CCC(N3CCN(c4ncccc4NC4CC(F)(F)C4)CC3)C2)C1. The predicted molar refractivity (Wildman–Crippen MR) is 118 cm³/mol. The fraction of sp³-hybridized carbons (Fsp3) is 0.739. The van der Waals surface area contributed by atoms with Gasteiger partial charge in [-0.1, -0.05) is 0 Å². The van der Waals surface area contributed by atoms with Crippen LogP contribution in [0.1, 0.15) is 39.0 Å². The van der Waals surface area contributed by atoms with Gasteiger partial charge in [-0.05, 0) is 38.3 Å². The summed E-state index contributed by atoms with van der Waals surface area (Å²) in [6.07, 6.45) is 4.89. The molecule has 0 radical (unpaired) electrons. The van der Waals surface area contributed by atoms with Gasteiger partial charge in [0.05, 0.1) is 12.3 Å². The number of amides is 1. The quantitative estimate of drug-likeness (QED) is 0.743. The monoisotopic (exact) mass is 449 g/mol. The van der Waals surface area contributed by atoms with E-state index in [2.05, 4.69) is 20.1 Å². The first-order valence-electron chi connectivity index (χ1n) is 11.9. The first-order valence-corrected chi connectivity index (χ1v) is 11.9. The second kappa shape index (κ2) is 8.32. The lowest BCUT2D eigenvalue weighted by atomic mass is 9.78. The van der Waals surface area contributed by atoms with Gasteiger partial charge in [-0.2, -0.15) is 0 Å². The summed E-state index contributed by atoms with van der Waals surface area (Å²) in [5.74, 6) is -1.66. The van der Waals surface area contributed by atoms with E-state index in [0.29, 0.717) is 12.6 Å². The lowest BCUT2D eigenvalue weighted by molar-refractivity contribution is -0.0793. The molecule has 1 unspecified atom stereocenters. The maximum absolute atomic E-state index is 13.2. The Labute approximate surface area is 188 Å². The van der Waals surface area contributed by atoms with Gasteiger partial charge < -0.3 is 19.9 Å². The van der Waals surface area contributed by atoms with E-state index in [-0.39, 0.29) is 30.4 Å². The molecule has 2 aliphatic carbocycles. The van der Waals surface area contributed by atoms with E-state index in [0.717, 1.165) is 57.2 Å². The van der Waals surface area contributed by atoms with E-state index in [4.69, 9.17) is 4.74 Å². The average molecular weight is 450 g/mol. The zero-order chi connectivity index (χ0) is 22.3. The molecular formula is C23H33F2N5O2. The number of likely N-dealkylation sites (tertiary alicyclic amines) is 1. The van der Waals surface area contributed by atoms with Crippen molar-refractivity contribution in [2.45, 2.75) is 57.0 Å². The van der Waals surface area contributed by atoms with Crippen LogP contribution in [0.5, 0.6) is 0 Å². The first kappa shape index (κ1) is 21.7. The number of anilines is 2. The topological polar surface area (TPSA) is 60.9 Å². The summed E-state index contributed by atoms with van der Waals surface area (Å²) in [4.78, 5) is 23.2. The highest BCUT2D eigenvalue weighted by Crippen LogP contribution is 2.47. The largest absolute Gasteiger partial charge is 0.450 e. The average Bonchev–Trinajstić information content (AvgIpc) is 3.18. The van der Waals surface area contributed by atoms with Crippen molar-refractivity contribution >= 4 is 17.6 Å². The standard InChI is InChI=1S/C23H33F2N5O2/c1-2-32-21(31)30-15-22(16-30)6-5-18(14-22)28-8-10-29(11-9-28)20-19(4-3-7-26-20)27-17-12-23(24,25)13-17/h3-4,7,17-18,27H,2,5-6,8-16H2,1H3. The van der Waals surface area contributed by atoms with Crippen molar-refractivity contribution in [3.8, 4) is 0 Å². The minimum absolute atomic E-state index is 0.105. The Balaban J connectivity index is 1.12. The second-order valence-corrected chi connectivity index (χ2v) is 9.95. The fourth-order valence-corrected chi connectivity index (χ4v) is 5.93. The van der Waals surface area contributed by atoms with Crippen LogP contribution in [-0.2, 0) is 4.74 Å². The summed E-state index contributed by atoms with van der Waals surface area (Å²) in [5.41, 5.74) is 1.13. The van der Waals surface area contributed by atoms with Crippen LogP contribution in [0.4, 0.5) is 25.1 Å². The maximum Gasteiger partial charge on any atom is 0.409 e. The number of aromatic nitrogens is 1. The number of carbonyl (C=O) groups excluding carboxylic acids is 1. The van der Waals surface area contributed by atoms with Crippen molar-refractivity contribution in [3.05, 3.63) is 18.3 Å². The van der Waals surface area contributed by atoms with E-state index in [1.54, 1.807) is 6.20 Å². The van der Waals surface area contributed by atoms with Crippen LogP contribution in [0.25, 0.3) is 0 Å². The number of alkyl halides is 2. The van der Waals surface area contributed by atoms with Gasteiger partial charge in [0.25, 0.3) is 5.92 Å². The van der Waals surface area contributed by atoms with Crippen LogP contribution in [0.15, 0.2) is 18.3 Å². The normalized spacial score (nSPS) is 27.2. The molecule has 1 N–H and O–H groups in total. The number of ether oxygens (including phenoxy) is 1. The van der Waals surface area contributed by atoms with E-state index in [9.17, 15) is 13.6 Å². The van der Waals surface area contributed by atoms with Crippen molar-refractivity contribution in [2.24, 2.45) is 5.41 Å². The van der Waals surface area contributed by atoms with Crippen LogP contribution in [0, 0.1) is 5.41 Å². The summed E-state index contributed by atoms with van der Waals surface area (Å²) in [6.45, 7) is 7.62. The highest BCUT2D eigenvalue weighted by atomic mass is 19.3. The van der Waals surface area contributed by atoms with Gasteiger partial charge in [-0.15, -0.1) is 0 Å². The number of rotatable bonds is 5. The Morgan fingerprint density at radius 2 is 1.97 bits per heavy atom. The molecular weight excluding hydrogens is 416 g/mol. The van der Waals surface area contributed by atoms with Gasteiger partial charge in [0.1, 0.15) is 0 Å². The van der Waals surface area contributed by atoms with Gasteiger partial charge in [0, 0.05) is 75.8 Å². The van der Waals surface area contributed by atoms with Gasteiger partial charge in [0.2, 0.25) is 0 Å². The smallest absolute Gasteiger partial charge is 0.409 e. The third-order valence-electron chi connectivity index (χ3n) is 7.62. The summed E-state index contributed by atoms with van der Waals surface area (Å²) in [7, 11) is 0. The van der Waals surface area contributed by atoms with Crippen LogP contribution in [-0.4, -0.2) is 84.8 Å². The molecule has 1 spiro atoms. The number of nitrogens with zero attached hydrogens (tertiary/aromatic N) is 4. The number of carbonyl (C=O) groups is 1. The summed E-state index contributed by atoms with van der Waals surface area (Å²) >= 11 is 0. The van der Waals surface area contributed by atoms with E-state index in [1.165, 1.54) is 12.8 Å². The molecule has 0 bridgehead atoms.